The molecule has 5 rings (SSSR count). The van der Waals surface area contributed by atoms with Crippen molar-refractivity contribution in [1.29, 1.82) is 0 Å². The highest BCUT2D eigenvalue weighted by molar-refractivity contribution is 7.96. The van der Waals surface area contributed by atoms with Crippen LogP contribution in [-0.4, -0.2) is 21.0 Å². The van der Waals surface area contributed by atoms with E-state index in [0.29, 0.717) is 16.6 Å². The molecule has 0 fully saturated rings. The molecule has 4 aromatic carbocycles. The SMILES string of the molecule is O=C(C(c1ccccn1)=P(c1ccccc1)(c1ccccc1)c1ccccc1)c1ccc([N+](=O)[O-])cc1. The average Bonchev–Trinajstić information content (AvgIpc) is 2.97. The van der Waals surface area contributed by atoms with Crippen molar-refractivity contribution in [3.63, 3.8) is 0 Å². The highest BCUT2D eigenvalue weighted by Gasteiger charge is 2.35. The van der Waals surface area contributed by atoms with E-state index in [-0.39, 0.29) is 11.5 Å². The molecule has 0 unspecified atom stereocenters. The molecule has 0 saturated heterocycles. The van der Waals surface area contributed by atoms with Gasteiger partial charge >= 0.3 is 0 Å². The third-order valence-electron chi connectivity index (χ3n) is 6.23. The average molecular weight is 503 g/mol. The highest BCUT2D eigenvalue weighted by Crippen LogP contribution is 2.48. The molecular weight excluding hydrogens is 479 g/mol. The molecule has 6 heteroatoms. The van der Waals surface area contributed by atoms with E-state index in [2.05, 4.69) is 41.4 Å². The van der Waals surface area contributed by atoms with Crippen LogP contribution in [0.15, 0.2) is 140 Å². The molecule has 0 amide bonds. The molecule has 0 bridgehead atoms. The summed E-state index contributed by atoms with van der Waals surface area (Å²) in [7, 11) is 0. The van der Waals surface area contributed by atoms with E-state index in [4.69, 9.17) is 0 Å². The summed E-state index contributed by atoms with van der Waals surface area (Å²) in [6.07, 6.45) is 1.69. The fourth-order valence-electron chi connectivity index (χ4n) is 4.60. The Balaban J connectivity index is 1.99. The Labute approximate surface area is 215 Å². The minimum atomic E-state index is -2.77. The van der Waals surface area contributed by atoms with Crippen molar-refractivity contribution in [3.8, 4) is 0 Å². The predicted octanol–water partition coefficient (Wildman–Crippen LogP) is 5.39. The maximum Gasteiger partial charge on any atom is 0.269 e. The topological polar surface area (TPSA) is 73.1 Å². The van der Waals surface area contributed by atoms with Gasteiger partial charge < -0.3 is 0 Å². The molecule has 180 valence electrons. The molecule has 0 spiro atoms. The summed E-state index contributed by atoms with van der Waals surface area (Å²) in [6, 6.07) is 41.6. The molecule has 0 aliphatic rings. The Morgan fingerprint density at radius 2 is 1.08 bits per heavy atom. The van der Waals surface area contributed by atoms with Crippen molar-refractivity contribution in [3.05, 3.63) is 161 Å². The van der Waals surface area contributed by atoms with Gasteiger partial charge in [-0.3, -0.25) is 19.9 Å². The maximum absolute atomic E-state index is 14.6. The van der Waals surface area contributed by atoms with Crippen molar-refractivity contribution in [2.24, 2.45) is 0 Å². The van der Waals surface area contributed by atoms with E-state index in [1.165, 1.54) is 24.3 Å². The number of nitro groups is 1. The standard InChI is InChI=1S/C31H23N2O3P/c34-30(24-19-21-25(22-20-24)33(35)36)31(29-18-10-11-23-32-29)37(26-12-4-1-5-13-26,27-14-6-2-7-15-27)28-16-8-3-9-17-28/h1-23H. The van der Waals surface area contributed by atoms with Crippen LogP contribution < -0.4 is 15.9 Å². The van der Waals surface area contributed by atoms with Crippen LogP contribution in [0.1, 0.15) is 16.1 Å². The summed E-state index contributed by atoms with van der Waals surface area (Å²) >= 11 is 0. The zero-order valence-corrected chi connectivity index (χ0v) is 20.7. The fourth-order valence-corrected chi connectivity index (χ4v) is 9.04. The second-order valence-corrected chi connectivity index (χ2v) is 11.7. The van der Waals surface area contributed by atoms with Gasteiger partial charge in [0.15, 0.2) is 5.78 Å². The zero-order chi connectivity index (χ0) is 25.7. The van der Waals surface area contributed by atoms with Crippen molar-refractivity contribution in [2.75, 3.05) is 0 Å². The van der Waals surface area contributed by atoms with Gasteiger partial charge in [0, 0.05) is 23.9 Å². The zero-order valence-electron chi connectivity index (χ0n) is 19.8. The fraction of sp³-hybridized carbons (Fsp3) is 0. The first-order valence-electron chi connectivity index (χ1n) is 11.8. The van der Waals surface area contributed by atoms with Gasteiger partial charge in [-0.2, -0.15) is 0 Å². The molecule has 0 saturated carbocycles. The lowest BCUT2D eigenvalue weighted by Gasteiger charge is -2.32. The predicted molar refractivity (Wildman–Crippen MR) is 151 cm³/mol. The Bertz CT molecular complexity index is 1480. The van der Waals surface area contributed by atoms with E-state index >= 15 is 0 Å². The molecule has 0 aliphatic heterocycles. The first-order chi connectivity index (χ1) is 18.1. The van der Waals surface area contributed by atoms with Crippen LogP contribution in [0.5, 0.6) is 0 Å². The first-order valence-corrected chi connectivity index (χ1v) is 13.6. The number of rotatable bonds is 7. The number of Topliss-reactive ketones (excluding diaryl/α,β-unsaturated/α-hetero) is 1. The van der Waals surface area contributed by atoms with Gasteiger partial charge in [0.1, 0.15) is 0 Å². The lowest BCUT2D eigenvalue weighted by atomic mass is 10.1. The van der Waals surface area contributed by atoms with E-state index in [1.807, 2.05) is 72.8 Å². The molecule has 0 N–H and O–H groups in total. The third-order valence-corrected chi connectivity index (χ3v) is 10.6. The van der Waals surface area contributed by atoms with Gasteiger partial charge in [-0.05, 0) is 47.1 Å². The molecule has 0 aliphatic carbocycles. The van der Waals surface area contributed by atoms with Crippen LogP contribution >= 0.6 is 6.89 Å². The van der Waals surface area contributed by atoms with Gasteiger partial charge in [0.25, 0.3) is 5.69 Å². The number of carbonyl (C=O) groups excluding carboxylic acids is 1. The molecule has 0 radical (unpaired) electrons. The van der Waals surface area contributed by atoms with Crippen LogP contribution in [0.4, 0.5) is 5.69 Å². The van der Waals surface area contributed by atoms with Gasteiger partial charge in [-0.25, -0.2) is 0 Å². The van der Waals surface area contributed by atoms with Crippen LogP contribution in [0.2, 0.25) is 0 Å². The molecule has 5 nitrogen and oxygen atoms in total. The number of nitro benzene ring substituents is 1. The smallest absolute Gasteiger partial charge is 0.269 e. The number of aromatic nitrogens is 1. The van der Waals surface area contributed by atoms with Crippen molar-refractivity contribution < 1.29 is 9.72 Å². The summed E-state index contributed by atoms with van der Waals surface area (Å²) in [5, 5.41) is 14.9. The van der Waals surface area contributed by atoms with Gasteiger partial charge in [0.05, 0.1) is 15.9 Å². The molecule has 1 aromatic heterocycles. The Morgan fingerprint density at radius 1 is 0.622 bits per heavy atom. The van der Waals surface area contributed by atoms with Crippen LogP contribution in [0, 0.1) is 10.1 Å². The van der Waals surface area contributed by atoms with Gasteiger partial charge in [0.2, 0.25) is 0 Å². The second-order valence-electron chi connectivity index (χ2n) is 8.37. The van der Waals surface area contributed by atoms with E-state index in [0.717, 1.165) is 15.9 Å². The molecular formula is C31H23N2O3P. The summed E-state index contributed by atoms with van der Waals surface area (Å²) in [5.74, 6) is -0.210. The van der Waals surface area contributed by atoms with Crippen molar-refractivity contribution in [1.82, 2.24) is 4.98 Å². The number of nitrogens with zero attached hydrogens (tertiary/aromatic N) is 2. The Hall–Kier alpha value is -4.60. The molecule has 1 heterocycles. The van der Waals surface area contributed by atoms with E-state index in [1.54, 1.807) is 6.20 Å². The summed E-state index contributed by atoms with van der Waals surface area (Å²) in [6.45, 7) is -2.77. The largest absolute Gasteiger partial charge is 0.288 e. The minimum absolute atomic E-state index is 0.0637. The molecule has 5 aromatic rings. The van der Waals surface area contributed by atoms with Gasteiger partial charge in [-0.15, -0.1) is 0 Å². The minimum Gasteiger partial charge on any atom is -0.288 e. The lowest BCUT2D eigenvalue weighted by molar-refractivity contribution is -0.384. The first kappa shape index (κ1) is 24.1. The normalized spacial score (nSPS) is 11.0. The second kappa shape index (κ2) is 10.6. The van der Waals surface area contributed by atoms with Crippen LogP contribution in [-0.2, 0) is 0 Å². The number of carbonyl (C=O) groups is 1. The number of pyridine rings is 1. The lowest BCUT2D eigenvalue weighted by Crippen LogP contribution is -2.34. The third kappa shape index (κ3) is 4.53. The van der Waals surface area contributed by atoms with Crippen LogP contribution in [0.3, 0.4) is 0 Å². The number of benzene rings is 4. The highest BCUT2D eigenvalue weighted by atomic mass is 31.2. The quantitative estimate of drug-likeness (QED) is 0.130. The number of non-ortho nitro benzene ring substituents is 1. The molecule has 37 heavy (non-hydrogen) atoms. The molecule has 0 atom stereocenters. The Kier molecular flexibility index (Phi) is 6.89. The maximum atomic E-state index is 14.6. The number of hydrogen-bond donors (Lipinski definition) is 0. The van der Waals surface area contributed by atoms with Crippen LogP contribution in [0.25, 0.3) is 0 Å². The summed E-state index contributed by atoms with van der Waals surface area (Å²) < 4.78 is 0. The number of ketones is 1. The summed E-state index contributed by atoms with van der Waals surface area (Å²) in [5.41, 5.74) is 0.889. The monoisotopic (exact) mass is 502 g/mol. The van der Waals surface area contributed by atoms with Crippen molar-refractivity contribution in [2.45, 2.75) is 0 Å². The van der Waals surface area contributed by atoms with Gasteiger partial charge in [-0.1, -0.05) is 97.1 Å². The van der Waals surface area contributed by atoms with Crippen molar-refractivity contribution >= 4 is 39.6 Å². The summed E-state index contributed by atoms with van der Waals surface area (Å²) in [4.78, 5) is 30.0. The van der Waals surface area contributed by atoms with E-state index < -0.39 is 11.8 Å². The number of hydrogen-bond acceptors (Lipinski definition) is 4. The Morgan fingerprint density at radius 3 is 1.49 bits per heavy atom. The van der Waals surface area contributed by atoms with E-state index in [9.17, 15) is 14.9 Å².